The standard InChI is InChI=1S/C17H19Cl3N4O.HI/c1-2-21-17(23-9-11-3-4-16(20)22-8-11)24-10-15(25)12-5-13(18)7-14(19)6-12;/h3-8,15,25H,2,9-10H2,1H3,(H2,21,23,24);1H. The number of benzene rings is 1. The van der Waals surface area contributed by atoms with E-state index in [4.69, 9.17) is 34.8 Å². The van der Waals surface area contributed by atoms with Gasteiger partial charge in [0.2, 0.25) is 0 Å². The van der Waals surface area contributed by atoms with Crippen molar-refractivity contribution < 1.29 is 5.11 Å². The fourth-order valence-corrected chi connectivity index (χ4v) is 2.75. The Balaban J connectivity index is 0.00000338. The van der Waals surface area contributed by atoms with Crippen molar-refractivity contribution >= 4 is 64.7 Å². The van der Waals surface area contributed by atoms with Crippen LogP contribution < -0.4 is 10.6 Å². The second-order valence-electron chi connectivity index (χ2n) is 5.28. The lowest BCUT2D eigenvalue weighted by Crippen LogP contribution is -2.39. The van der Waals surface area contributed by atoms with Gasteiger partial charge in [-0.05, 0) is 42.3 Å². The summed E-state index contributed by atoms with van der Waals surface area (Å²) in [4.78, 5) is 8.49. The number of aliphatic imine (C=N–C) groups is 1. The molecule has 0 saturated heterocycles. The van der Waals surface area contributed by atoms with Gasteiger partial charge in [-0.3, -0.25) is 0 Å². The number of aromatic nitrogens is 1. The Morgan fingerprint density at radius 3 is 2.42 bits per heavy atom. The van der Waals surface area contributed by atoms with Gasteiger partial charge in [0, 0.05) is 29.3 Å². The summed E-state index contributed by atoms with van der Waals surface area (Å²) in [5.41, 5.74) is 1.58. The predicted molar refractivity (Wildman–Crippen MR) is 119 cm³/mol. The molecule has 0 spiro atoms. The lowest BCUT2D eigenvalue weighted by atomic mass is 10.1. The number of halogens is 4. The van der Waals surface area contributed by atoms with Gasteiger partial charge in [-0.25, -0.2) is 9.98 Å². The molecule has 2 aromatic rings. The van der Waals surface area contributed by atoms with Crippen molar-refractivity contribution in [2.24, 2.45) is 4.99 Å². The molecular weight excluding hydrogens is 509 g/mol. The summed E-state index contributed by atoms with van der Waals surface area (Å²) >= 11 is 17.7. The number of rotatable bonds is 6. The number of hydrogen-bond acceptors (Lipinski definition) is 3. The molecule has 9 heteroatoms. The average Bonchev–Trinajstić information content (AvgIpc) is 2.57. The van der Waals surface area contributed by atoms with Crippen LogP contribution in [0.1, 0.15) is 24.2 Å². The van der Waals surface area contributed by atoms with E-state index < -0.39 is 6.10 Å². The quantitative estimate of drug-likeness (QED) is 0.224. The summed E-state index contributed by atoms with van der Waals surface area (Å²) in [6.45, 7) is 3.37. The number of pyridine rings is 1. The SMILES string of the molecule is CCNC(=NCc1ccc(Cl)nc1)NCC(O)c1cc(Cl)cc(Cl)c1.I. The molecule has 1 aromatic carbocycles. The second kappa shape index (κ2) is 11.8. The van der Waals surface area contributed by atoms with E-state index in [1.54, 1.807) is 30.5 Å². The van der Waals surface area contributed by atoms with Gasteiger partial charge in [-0.2, -0.15) is 0 Å². The first-order chi connectivity index (χ1) is 12.0. The fraction of sp³-hybridized carbons (Fsp3) is 0.294. The number of nitrogens with zero attached hydrogens (tertiary/aromatic N) is 2. The van der Waals surface area contributed by atoms with E-state index in [0.29, 0.717) is 39.8 Å². The van der Waals surface area contributed by atoms with Gasteiger partial charge in [0.15, 0.2) is 5.96 Å². The lowest BCUT2D eigenvalue weighted by Gasteiger charge is -2.16. The second-order valence-corrected chi connectivity index (χ2v) is 6.54. The number of nitrogens with one attached hydrogen (secondary N) is 2. The maximum atomic E-state index is 10.3. The van der Waals surface area contributed by atoms with Gasteiger partial charge < -0.3 is 15.7 Å². The van der Waals surface area contributed by atoms with Gasteiger partial charge in [-0.15, -0.1) is 24.0 Å². The van der Waals surface area contributed by atoms with Gasteiger partial charge in [0.25, 0.3) is 0 Å². The van der Waals surface area contributed by atoms with Crippen LogP contribution in [0.5, 0.6) is 0 Å². The van der Waals surface area contributed by atoms with Crippen LogP contribution in [0, 0.1) is 0 Å². The van der Waals surface area contributed by atoms with E-state index in [2.05, 4.69) is 20.6 Å². The number of aliphatic hydroxyl groups excluding tert-OH is 1. The van der Waals surface area contributed by atoms with Crippen LogP contribution in [0.15, 0.2) is 41.5 Å². The van der Waals surface area contributed by atoms with Crippen molar-refractivity contribution in [1.29, 1.82) is 0 Å². The van der Waals surface area contributed by atoms with Gasteiger partial charge in [0.05, 0.1) is 12.6 Å². The molecule has 1 unspecified atom stereocenters. The summed E-state index contributed by atoms with van der Waals surface area (Å²) in [7, 11) is 0. The molecule has 0 aliphatic rings. The number of aliphatic hydroxyl groups is 1. The van der Waals surface area contributed by atoms with Crippen molar-refractivity contribution in [2.75, 3.05) is 13.1 Å². The normalized spacial score (nSPS) is 12.3. The zero-order valence-electron chi connectivity index (χ0n) is 14.0. The van der Waals surface area contributed by atoms with Crippen LogP contribution in [-0.2, 0) is 6.54 Å². The smallest absolute Gasteiger partial charge is 0.191 e. The molecule has 5 nitrogen and oxygen atoms in total. The van der Waals surface area contributed by atoms with Crippen LogP contribution in [0.2, 0.25) is 15.2 Å². The van der Waals surface area contributed by atoms with E-state index in [-0.39, 0.29) is 30.5 Å². The highest BCUT2D eigenvalue weighted by atomic mass is 127. The number of hydrogen-bond donors (Lipinski definition) is 3. The van der Waals surface area contributed by atoms with E-state index >= 15 is 0 Å². The van der Waals surface area contributed by atoms with Crippen molar-refractivity contribution in [2.45, 2.75) is 19.6 Å². The largest absolute Gasteiger partial charge is 0.387 e. The average molecular weight is 530 g/mol. The summed E-state index contributed by atoms with van der Waals surface area (Å²) in [6, 6.07) is 8.58. The van der Waals surface area contributed by atoms with Crippen LogP contribution >= 0.6 is 58.8 Å². The third-order valence-corrected chi connectivity index (χ3v) is 3.95. The van der Waals surface area contributed by atoms with Gasteiger partial charge in [-0.1, -0.05) is 40.9 Å². The summed E-state index contributed by atoms with van der Waals surface area (Å²) < 4.78 is 0. The maximum Gasteiger partial charge on any atom is 0.191 e. The summed E-state index contributed by atoms with van der Waals surface area (Å²) in [5.74, 6) is 0.588. The monoisotopic (exact) mass is 528 g/mol. The molecular formula is C17H20Cl3IN4O. The third-order valence-electron chi connectivity index (χ3n) is 3.29. The molecule has 1 heterocycles. The van der Waals surface area contributed by atoms with Crippen LogP contribution in [0.25, 0.3) is 0 Å². The minimum absolute atomic E-state index is 0. The summed E-state index contributed by atoms with van der Waals surface area (Å²) in [6.07, 6.45) is 0.912. The Morgan fingerprint density at radius 2 is 1.85 bits per heavy atom. The maximum absolute atomic E-state index is 10.3. The first-order valence-electron chi connectivity index (χ1n) is 7.74. The lowest BCUT2D eigenvalue weighted by molar-refractivity contribution is 0.181. The molecule has 0 fully saturated rings. The van der Waals surface area contributed by atoms with Gasteiger partial charge >= 0.3 is 0 Å². The van der Waals surface area contributed by atoms with Gasteiger partial charge in [0.1, 0.15) is 5.15 Å². The van der Waals surface area contributed by atoms with Crippen molar-refractivity contribution in [3.05, 3.63) is 62.9 Å². The zero-order valence-corrected chi connectivity index (χ0v) is 18.6. The topological polar surface area (TPSA) is 69.5 Å². The molecule has 2 rings (SSSR count). The Hall–Kier alpha value is -0.800. The highest BCUT2D eigenvalue weighted by molar-refractivity contribution is 14.0. The Kier molecular flexibility index (Phi) is 10.6. The Morgan fingerprint density at radius 1 is 1.15 bits per heavy atom. The molecule has 0 bridgehead atoms. The highest BCUT2D eigenvalue weighted by Crippen LogP contribution is 2.23. The first-order valence-corrected chi connectivity index (χ1v) is 8.88. The third kappa shape index (κ3) is 7.84. The highest BCUT2D eigenvalue weighted by Gasteiger charge is 2.10. The molecule has 0 aliphatic heterocycles. The van der Waals surface area contributed by atoms with E-state index in [1.165, 1.54) is 0 Å². The molecule has 0 saturated carbocycles. The first kappa shape index (κ1) is 23.2. The fourth-order valence-electron chi connectivity index (χ4n) is 2.09. The van der Waals surface area contributed by atoms with E-state index in [9.17, 15) is 5.11 Å². The Bertz CT molecular complexity index is 708. The van der Waals surface area contributed by atoms with Crippen molar-refractivity contribution in [3.8, 4) is 0 Å². The Labute approximate surface area is 185 Å². The predicted octanol–water partition coefficient (Wildman–Crippen LogP) is 4.45. The van der Waals surface area contributed by atoms with Crippen molar-refractivity contribution in [3.63, 3.8) is 0 Å². The molecule has 1 aromatic heterocycles. The van der Waals surface area contributed by atoms with Crippen LogP contribution in [-0.4, -0.2) is 29.1 Å². The number of guanidine groups is 1. The van der Waals surface area contributed by atoms with Crippen molar-refractivity contribution in [1.82, 2.24) is 15.6 Å². The zero-order chi connectivity index (χ0) is 18.2. The molecule has 0 radical (unpaired) electrons. The molecule has 0 amide bonds. The van der Waals surface area contributed by atoms with Crippen LogP contribution in [0.3, 0.4) is 0 Å². The van der Waals surface area contributed by atoms with E-state index in [0.717, 1.165) is 5.56 Å². The van der Waals surface area contributed by atoms with Crippen LogP contribution in [0.4, 0.5) is 0 Å². The molecule has 0 aliphatic carbocycles. The minimum Gasteiger partial charge on any atom is -0.387 e. The molecule has 3 N–H and O–H groups in total. The molecule has 26 heavy (non-hydrogen) atoms. The molecule has 1 atom stereocenters. The molecule has 142 valence electrons. The van der Waals surface area contributed by atoms with E-state index in [1.807, 2.05) is 13.0 Å². The minimum atomic E-state index is -0.766. The summed E-state index contributed by atoms with van der Waals surface area (Å²) in [5, 5.41) is 17.9.